The lowest BCUT2D eigenvalue weighted by Crippen LogP contribution is -2.27. The third kappa shape index (κ3) is 4.24. The molecular formula is C19H20N4O3S. The van der Waals surface area contributed by atoms with E-state index in [0.29, 0.717) is 5.56 Å². The molecule has 1 atom stereocenters. The van der Waals surface area contributed by atoms with Crippen LogP contribution in [0.3, 0.4) is 0 Å². The van der Waals surface area contributed by atoms with Gasteiger partial charge in [0.15, 0.2) is 0 Å². The van der Waals surface area contributed by atoms with E-state index in [0.717, 1.165) is 11.3 Å². The Morgan fingerprint density at radius 1 is 1.07 bits per heavy atom. The zero-order valence-electron chi connectivity index (χ0n) is 15.0. The molecule has 2 N–H and O–H groups in total. The number of imidazole rings is 1. The number of carbonyl (C=O) groups excluding carboxylic acids is 1. The van der Waals surface area contributed by atoms with E-state index in [1.165, 1.54) is 31.3 Å². The number of sulfonamides is 1. The number of nitrogens with zero attached hydrogens (tertiary/aromatic N) is 2. The van der Waals surface area contributed by atoms with Crippen LogP contribution in [0.4, 0.5) is 0 Å². The number of hydrogen-bond donors (Lipinski definition) is 2. The van der Waals surface area contributed by atoms with Gasteiger partial charge in [0.2, 0.25) is 10.0 Å². The van der Waals surface area contributed by atoms with Crippen LogP contribution in [0, 0.1) is 0 Å². The van der Waals surface area contributed by atoms with Gasteiger partial charge in [0.05, 0.1) is 11.2 Å². The average molecular weight is 384 g/mol. The lowest BCUT2D eigenvalue weighted by molar-refractivity contribution is 0.0963. The molecule has 1 aromatic heterocycles. The molecule has 0 radical (unpaired) electrons. The first-order valence-electron chi connectivity index (χ1n) is 8.33. The first-order valence-corrected chi connectivity index (χ1v) is 9.82. The summed E-state index contributed by atoms with van der Waals surface area (Å²) in [4.78, 5) is 15.7. The fourth-order valence-electron chi connectivity index (χ4n) is 2.65. The average Bonchev–Trinajstić information content (AvgIpc) is 3.22. The lowest BCUT2D eigenvalue weighted by Gasteiger charge is -2.15. The largest absolute Gasteiger partial charge is 0.355 e. The molecule has 7 nitrogen and oxygen atoms in total. The van der Waals surface area contributed by atoms with Gasteiger partial charge in [-0.25, -0.2) is 18.1 Å². The minimum absolute atomic E-state index is 0.108. The molecule has 0 aliphatic heterocycles. The molecule has 0 saturated carbocycles. The monoisotopic (exact) mass is 384 g/mol. The highest BCUT2D eigenvalue weighted by Gasteiger charge is 2.19. The van der Waals surface area contributed by atoms with E-state index in [4.69, 9.17) is 0 Å². The van der Waals surface area contributed by atoms with Crippen molar-refractivity contribution in [3.05, 3.63) is 78.4 Å². The third-order valence-corrected chi connectivity index (χ3v) is 5.74. The topological polar surface area (TPSA) is 93.1 Å². The highest BCUT2D eigenvalue weighted by molar-refractivity contribution is 7.89. The SMILES string of the molecule is CNC(=O)c1ccc(S(=O)(=O)NC(C)c2ccc(-n3ccnc3)cc2)cc1. The molecule has 0 aliphatic carbocycles. The predicted molar refractivity (Wildman–Crippen MR) is 102 cm³/mol. The maximum absolute atomic E-state index is 12.6. The summed E-state index contributed by atoms with van der Waals surface area (Å²) in [5, 5.41) is 2.50. The zero-order valence-corrected chi connectivity index (χ0v) is 15.8. The van der Waals surface area contributed by atoms with Crippen LogP contribution >= 0.6 is 0 Å². The molecule has 27 heavy (non-hydrogen) atoms. The number of aromatic nitrogens is 2. The molecule has 8 heteroatoms. The Kier molecular flexibility index (Phi) is 5.38. The van der Waals surface area contributed by atoms with Gasteiger partial charge in [0.25, 0.3) is 5.91 Å². The van der Waals surface area contributed by atoms with Crippen molar-refractivity contribution >= 4 is 15.9 Å². The Balaban J connectivity index is 1.74. The maximum Gasteiger partial charge on any atom is 0.251 e. The molecule has 0 aliphatic rings. The van der Waals surface area contributed by atoms with E-state index >= 15 is 0 Å². The van der Waals surface area contributed by atoms with Crippen LogP contribution in [-0.4, -0.2) is 30.9 Å². The second kappa shape index (κ2) is 7.73. The minimum atomic E-state index is -3.71. The summed E-state index contributed by atoms with van der Waals surface area (Å²) in [5.41, 5.74) is 2.18. The summed E-state index contributed by atoms with van der Waals surface area (Å²) >= 11 is 0. The summed E-state index contributed by atoms with van der Waals surface area (Å²) in [7, 11) is -2.18. The van der Waals surface area contributed by atoms with Crippen molar-refractivity contribution in [2.75, 3.05) is 7.05 Å². The van der Waals surface area contributed by atoms with Gasteiger partial charge in [-0.2, -0.15) is 0 Å². The fourth-order valence-corrected chi connectivity index (χ4v) is 3.88. The van der Waals surface area contributed by atoms with Crippen LogP contribution in [-0.2, 0) is 10.0 Å². The summed E-state index contributed by atoms with van der Waals surface area (Å²) in [6, 6.07) is 12.9. The summed E-state index contributed by atoms with van der Waals surface area (Å²) in [5.74, 6) is -0.266. The van der Waals surface area contributed by atoms with Crippen molar-refractivity contribution in [3.8, 4) is 5.69 Å². The Hall–Kier alpha value is -2.97. The van der Waals surface area contributed by atoms with Gasteiger partial charge in [-0.1, -0.05) is 12.1 Å². The Labute approximate surface area is 158 Å². The van der Waals surface area contributed by atoms with Crippen molar-refractivity contribution in [1.82, 2.24) is 19.6 Å². The van der Waals surface area contributed by atoms with Crippen molar-refractivity contribution in [2.45, 2.75) is 17.9 Å². The summed E-state index contributed by atoms with van der Waals surface area (Å²) in [6.07, 6.45) is 5.23. The lowest BCUT2D eigenvalue weighted by atomic mass is 10.1. The molecule has 2 aromatic carbocycles. The normalized spacial score (nSPS) is 12.5. The van der Waals surface area contributed by atoms with Crippen molar-refractivity contribution < 1.29 is 13.2 Å². The molecule has 1 amide bonds. The number of rotatable bonds is 6. The van der Waals surface area contributed by atoms with Gasteiger partial charge in [-0.3, -0.25) is 4.79 Å². The number of nitrogens with one attached hydrogen (secondary N) is 2. The number of amides is 1. The molecule has 1 unspecified atom stereocenters. The predicted octanol–water partition coefficient (Wildman–Crippen LogP) is 2.27. The molecule has 0 bridgehead atoms. The van der Waals surface area contributed by atoms with Gasteiger partial charge in [0.1, 0.15) is 0 Å². The second-order valence-corrected chi connectivity index (χ2v) is 7.72. The summed E-state index contributed by atoms with van der Waals surface area (Å²) < 4.78 is 29.7. The van der Waals surface area contributed by atoms with Crippen LogP contribution in [0.25, 0.3) is 5.69 Å². The van der Waals surface area contributed by atoms with E-state index in [1.807, 2.05) is 35.0 Å². The van der Waals surface area contributed by atoms with Gasteiger partial charge in [-0.15, -0.1) is 0 Å². The molecule has 0 saturated heterocycles. The highest BCUT2D eigenvalue weighted by Crippen LogP contribution is 2.19. The van der Waals surface area contributed by atoms with Crippen LogP contribution < -0.4 is 10.0 Å². The maximum atomic E-state index is 12.6. The molecular weight excluding hydrogens is 364 g/mol. The number of hydrogen-bond acceptors (Lipinski definition) is 4. The number of benzene rings is 2. The van der Waals surface area contributed by atoms with Crippen molar-refractivity contribution in [2.24, 2.45) is 0 Å². The first kappa shape index (κ1) is 18.8. The van der Waals surface area contributed by atoms with Crippen LogP contribution in [0.5, 0.6) is 0 Å². The Morgan fingerprint density at radius 2 is 1.74 bits per heavy atom. The van der Waals surface area contributed by atoms with Crippen LogP contribution in [0.15, 0.2) is 72.1 Å². The smallest absolute Gasteiger partial charge is 0.251 e. The molecule has 0 fully saturated rings. The van der Waals surface area contributed by atoms with Gasteiger partial charge < -0.3 is 9.88 Å². The fraction of sp³-hybridized carbons (Fsp3) is 0.158. The molecule has 0 spiro atoms. The van der Waals surface area contributed by atoms with Crippen molar-refractivity contribution in [3.63, 3.8) is 0 Å². The minimum Gasteiger partial charge on any atom is -0.355 e. The van der Waals surface area contributed by atoms with E-state index in [1.54, 1.807) is 19.4 Å². The molecule has 3 aromatic rings. The zero-order chi connectivity index (χ0) is 19.4. The van der Waals surface area contributed by atoms with Gasteiger partial charge >= 0.3 is 0 Å². The third-order valence-electron chi connectivity index (χ3n) is 4.18. The second-order valence-electron chi connectivity index (χ2n) is 6.01. The van der Waals surface area contributed by atoms with Gasteiger partial charge in [-0.05, 0) is 48.9 Å². The number of carbonyl (C=O) groups is 1. The molecule has 1 heterocycles. The highest BCUT2D eigenvalue weighted by atomic mass is 32.2. The van der Waals surface area contributed by atoms with E-state index in [9.17, 15) is 13.2 Å². The van der Waals surface area contributed by atoms with Gasteiger partial charge in [0, 0.05) is 36.7 Å². The van der Waals surface area contributed by atoms with Crippen LogP contribution in [0.1, 0.15) is 28.9 Å². The standard InChI is InChI=1S/C19H20N4O3S/c1-14(15-3-7-17(8-4-15)23-12-11-21-13-23)22-27(25,26)18-9-5-16(6-10-18)19(24)20-2/h3-14,22H,1-2H3,(H,20,24). The Morgan fingerprint density at radius 3 is 2.30 bits per heavy atom. The molecule has 3 rings (SSSR count). The Bertz CT molecular complexity index is 1010. The quantitative estimate of drug-likeness (QED) is 0.682. The van der Waals surface area contributed by atoms with E-state index in [-0.39, 0.29) is 10.8 Å². The van der Waals surface area contributed by atoms with Crippen LogP contribution in [0.2, 0.25) is 0 Å². The summed E-state index contributed by atoms with van der Waals surface area (Å²) in [6.45, 7) is 1.78. The molecule has 140 valence electrons. The van der Waals surface area contributed by atoms with E-state index < -0.39 is 16.1 Å². The van der Waals surface area contributed by atoms with Crippen molar-refractivity contribution in [1.29, 1.82) is 0 Å². The first-order chi connectivity index (χ1) is 12.9. The van der Waals surface area contributed by atoms with E-state index in [2.05, 4.69) is 15.0 Å².